The van der Waals surface area contributed by atoms with E-state index in [2.05, 4.69) is 25.1 Å². The molecule has 98 valence electrons. The summed E-state index contributed by atoms with van der Waals surface area (Å²) >= 11 is 1.76. The third kappa shape index (κ3) is 3.80. The summed E-state index contributed by atoms with van der Waals surface area (Å²) in [7, 11) is 0. The van der Waals surface area contributed by atoms with Gasteiger partial charge in [-0.2, -0.15) is 0 Å². The second-order valence-corrected chi connectivity index (χ2v) is 5.44. The first kappa shape index (κ1) is 13.6. The fourth-order valence-electron chi connectivity index (χ4n) is 1.67. The van der Waals surface area contributed by atoms with Crippen molar-refractivity contribution < 1.29 is 9.53 Å². The quantitative estimate of drug-likeness (QED) is 0.771. The fraction of sp³-hybridized carbons (Fsp3) is 0.188. The molecular weight excluding hydrogens is 256 g/mol. The van der Waals surface area contributed by atoms with Crippen molar-refractivity contribution >= 4 is 29.5 Å². The normalized spacial score (nSPS) is 10.8. The molecule has 2 aromatic rings. The third-order valence-corrected chi connectivity index (χ3v) is 3.59. The minimum absolute atomic E-state index is 0.271. The molecular formula is C16H16O2S. The van der Waals surface area contributed by atoms with Gasteiger partial charge in [-0.25, -0.2) is 4.79 Å². The highest BCUT2D eigenvalue weighted by Gasteiger charge is 2.04. The Morgan fingerprint density at radius 1 is 1.16 bits per heavy atom. The van der Waals surface area contributed by atoms with Crippen molar-refractivity contribution in [2.24, 2.45) is 0 Å². The number of ether oxygens (including phenoxy) is 1. The number of carbonyl (C=O) groups is 1. The number of aryl methyl sites for hydroxylation is 1. The van der Waals surface area contributed by atoms with E-state index in [1.165, 1.54) is 9.75 Å². The molecule has 3 heteroatoms. The first-order valence-corrected chi connectivity index (χ1v) is 7.02. The summed E-state index contributed by atoms with van der Waals surface area (Å²) in [5, 5.41) is 0. The van der Waals surface area contributed by atoms with Crippen LogP contribution in [0.5, 0.6) is 0 Å². The second kappa shape index (κ2) is 6.34. The number of benzene rings is 1. The molecule has 0 fully saturated rings. The summed E-state index contributed by atoms with van der Waals surface area (Å²) in [5.41, 5.74) is 1.66. The maximum Gasteiger partial charge on any atom is 0.338 e. The van der Waals surface area contributed by atoms with Crippen molar-refractivity contribution in [2.75, 3.05) is 6.61 Å². The van der Waals surface area contributed by atoms with Gasteiger partial charge in [0.05, 0.1) is 12.2 Å². The van der Waals surface area contributed by atoms with Crippen LogP contribution in [0.2, 0.25) is 0 Å². The van der Waals surface area contributed by atoms with Crippen LogP contribution in [0.4, 0.5) is 0 Å². The summed E-state index contributed by atoms with van der Waals surface area (Å²) in [5.74, 6) is -0.271. The zero-order chi connectivity index (χ0) is 13.7. The average molecular weight is 272 g/mol. The smallest absolute Gasteiger partial charge is 0.338 e. The van der Waals surface area contributed by atoms with Crippen molar-refractivity contribution in [1.82, 2.24) is 0 Å². The first-order valence-electron chi connectivity index (χ1n) is 6.21. The maximum atomic E-state index is 11.5. The zero-order valence-corrected chi connectivity index (χ0v) is 11.9. The van der Waals surface area contributed by atoms with Gasteiger partial charge in [-0.15, -0.1) is 11.3 Å². The van der Waals surface area contributed by atoms with Gasteiger partial charge in [0.2, 0.25) is 0 Å². The molecule has 2 nitrogen and oxygen atoms in total. The van der Waals surface area contributed by atoms with Crippen LogP contribution in [0.25, 0.3) is 12.2 Å². The SMILES string of the molecule is CCOC(=O)c1ccc(C=Cc2ccc(C)s2)cc1. The van der Waals surface area contributed by atoms with Gasteiger partial charge in [-0.1, -0.05) is 18.2 Å². The lowest BCUT2D eigenvalue weighted by Crippen LogP contribution is -2.03. The molecule has 0 aliphatic carbocycles. The van der Waals surface area contributed by atoms with Crippen molar-refractivity contribution in [3.8, 4) is 0 Å². The van der Waals surface area contributed by atoms with E-state index in [0.717, 1.165) is 5.56 Å². The maximum absolute atomic E-state index is 11.5. The molecule has 0 saturated heterocycles. The molecule has 0 aliphatic rings. The highest BCUT2D eigenvalue weighted by molar-refractivity contribution is 7.12. The molecule has 0 N–H and O–H groups in total. The Bertz CT molecular complexity index is 579. The highest BCUT2D eigenvalue weighted by Crippen LogP contribution is 2.18. The highest BCUT2D eigenvalue weighted by atomic mass is 32.1. The van der Waals surface area contributed by atoms with E-state index in [0.29, 0.717) is 12.2 Å². The molecule has 0 atom stereocenters. The monoisotopic (exact) mass is 272 g/mol. The summed E-state index contributed by atoms with van der Waals surface area (Å²) in [6.45, 7) is 4.30. The van der Waals surface area contributed by atoms with Crippen LogP contribution in [-0.4, -0.2) is 12.6 Å². The van der Waals surface area contributed by atoms with Gasteiger partial charge in [-0.3, -0.25) is 0 Å². The lowest BCUT2D eigenvalue weighted by atomic mass is 10.1. The Morgan fingerprint density at radius 3 is 2.47 bits per heavy atom. The van der Waals surface area contributed by atoms with Crippen LogP contribution in [0.3, 0.4) is 0 Å². The minimum Gasteiger partial charge on any atom is -0.462 e. The second-order valence-electron chi connectivity index (χ2n) is 4.12. The van der Waals surface area contributed by atoms with Crippen LogP contribution in [0.1, 0.15) is 32.6 Å². The summed E-state index contributed by atoms with van der Waals surface area (Å²) in [4.78, 5) is 14.0. The van der Waals surface area contributed by atoms with Crippen LogP contribution in [0.15, 0.2) is 36.4 Å². The van der Waals surface area contributed by atoms with E-state index < -0.39 is 0 Å². The van der Waals surface area contributed by atoms with Crippen LogP contribution < -0.4 is 0 Å². The summed E-state index contributed by atoms with van der Waals surface area (Å²) in [6, 6.07) is 11.6. The van der Waals surface area contributed by atoms with Gasteiger partial charge in [0, 0.05) is 9.75 Å². The average Bonchev–Trinajstić information content (AvgIpc) is 2.83. The molecule has 0 saturated carbocycles. The van der Waals surface area contributed by atoms with Crippen LogP contribution in [-0.2, 0) is 4.74 Å². The lowest BCUT2D eigenvalue weighted by molar-refractivity contribution is 0.0526. The molecule has 0 unspecified atom stereocenters. The molecule has 2 rings (SSSR count). The number of hydrogen-bond acceptors (Lipinski definition) is 3. The molecule has 0 aliphatic heterocycles. The molecule has 0 spiro atoms. The fourth-order valence-corrected chi connectivity index (χ4v) is 2.45. The summed E-state index contributed by atoms with van der Waals surface area (Å²) < 4.78 is 4.94. The largest absolute Gasteiger partial charge is 0.462 e. The minimum atomic E-state index is -0.271. The third-order valence-electron chi connectivity index (χ3n) is 2.62. The predicted octanol–water partition coefficient (Wildman–Crippen LogP) is 4.40. The molecule has 0 amide bonds. The summed E-state index contributed by atoms with van der Waals surface area (Å²) in [6.07, 6.45) is 4.12. The van der Waals surface area contributed by atoms with Gasteiger partial charge >= 0.3 is 5.97 Å². The number of rotatable bonds is 4. The van der Waals surface area contributed by atoms with E-state index in [1.807, 2.05) is 18.2 Å². The van der Waals surface area contributed by atoms with Gasteiger partial charge < -0.3 is 4.74 Å². The predicted molar refractivity (Wildman–Crippen MR) is 80.4 cm³/mol. The van der Waals surface area contributed by atoms with Crippen molar-refractivity contribution in [3.05, 3.63) is 57.3 Å². The standard InChI is InChI=1S/C16H16O2S/c1-3-18-16(17)14-8-5-13(6-9-14)7-11-15-10-4-12(2)19-15/h4-11H,3H2,1-2H3. The number of carbonyl (C=O) groups excluding carboxylic acids is 1. The van der Waals surface area contributed by atoms with Gasteiger partial charge in [0.15, 0.2) is 0 Å². The van der Waals surface area contributed by atoms with Crippen molar-refractivity contribution in [2.45, 2.75) is 13.8 Å². The van der Waals surface area contributed by atoms with E-state index in [9.17, 15) is 4.79 Å². The Morgan fingerprint density at radius 2 is 1.89 bits per heavy atom. The first-order chi connectivity index (χ1) is 9.19. The van der Waals surface area contributed by atoms with Gasteiger partial charge in [0.1, 0.15) is 0 Å². The Hall–Kier alpha value is -1.87. The van der Waals surface area contributed by atoms with E-state index in [4.69, 9.17) is 4.74 Å². The molecule has 19 heavy (non-hydrogen) atoms. The lowest BCUT2D eigenvalue weighted by Gasteiger charge is -2.01. The van der Waals surface area contributed by atoms with E-state index in [-0.39, 0.29) is 5.97 Å². The van der Waals surface area contributed by atoms with Crippen LogP contribution >= 0.6 is 11.3 Å². The molecule has 0 radical (unpaired) electrons. The molecule has 1 aromatic carbocycles. The topological polar surface area (TPSA) is 26.3 Å². The van der Waals surface area contributed by atoms with Gasteiger partial charge in [0.25, 0.3) is 0 Å². The van der Waals surface area contributed by atoms with Gasteiger partial charge in [-0.05, 0) is 49.8 Å². The Balaban J connectivity index is 2.06. The zero-order valence-electron chi connectivity index (χ0n) is 11.1. The van der Waals surface area contributed by atoms with E-state index >= 15 is 0 Å². The number of esters is 1. The van der Waals surface area contributed by atoms with Crippen LogP contribution in [0, 0.1) is 6.92 Å². The molecule has 1 heterocycles. The number of hydrogen-bond donors (Lipinski definition) is 0. The number of thiophene rings is 1. The molecule has 0 bridgehead atoms. The van der Waals surface area contributed by atoms with E-state index in [1.54, 1.807) is 30.4 Å². The molecule has 1 aromatic heterocycles. The van der Waals surface area contributed by atoms with Crippen molar-refractivity contribution in [1.29, 1.82) is 0 Å². The van der Waals surface area contributed by atoms with Crippen molar-refractivity contribution in [3.63, 3.8) is 0 Å². The Labute approximate surface area is 117 Å². The Kier molecular flexibility index (Phi) is 4.53.